The summed E-state index contributed by atoms with van der Waals surface area (Å²) in [6.07, 6.45) is 8.13. The van der Waals surface area contributed by atoms with Gasteiger partial charge >= 0.3 is 0 Å². The molecule has 2 N–H and O–H groups in total. The maximum Gasteiger partial charge on any atom is 0.224 e. The second kappa shape index (κ2) is 8.17. The Hall–Kier alpha value is -2.99. The number of nitrogens with zero attached hydrogens (tertiary/aromatic N) is 4. The summed E-state index contributed by atoms with van der Waals surface area (Å²) in [5.41, 5.74) is 4.62. The fraction of sp³-hybridized carbons (Fsp3) is 0.348. The molecule has 3 aromatic rings. The van der Waals surface area contributed by atoms with Gasteiger partial charge in [-0.05, 0) is 56.5 Å². The molecule has 2 aliphatic rings. The topological polar surface area (TPSA) is 66.0 Å². The van der Waals surface area contributed by atoms with E-state index in [1.54, 1.807) is 0 Å². The second-order valence-corrected chi connectivity index (χ2v) is 7.72. The third-order valence-corrected chi connectivity index (χ3v) is 5.73. The van der Waals surface area contributed by atoms with Crippen LogP contribution in [0.2, 0.25) is 0 Å². The van der Waals surface area contributed by atoms with Crippen LogP contribution in [0.15, 0.2) is 54.9 Å². The lowest BCUT2D eigenvalue weighted by Gasteiger charge is -2.30. The Morgan fingerprint density at radius 2 is 1.86 bits per heavy atom. The molecule has 2 aliphatic heterocycles. The van der Waals surface area contributed by atoms with Gasteiger partial charge < -0.3 is 15.5 Å². The number of aromatic nitrogens is 3. The van der Waals surface area contributed by atoms with E-state index < -0.39 is 0 Å². The highest BCUT2D eigenvalue weighted by Crippen LogP contribution is 2.34. The van der Waals surface area contributed by atoms with Crippen LogP contribution in [-0.2, 0) is 6.42 Å². The van der Waals surface area contributed by atoms with Gasteiger partial charge in [-0.2, -0.15) is 4.98 Å². The van der Waals surface area contributed by atoms with E-state index in [1.165, 1.54) is 5.56 Å². The minimum absolute atomic E-state index is 0.437. The SMILES string of the molecule is c1ccc(-c2cnc3c(c2)N(c2ccnc(NC4CCNCC4)n2)CCC3)cc1. The third kappa shape index (κ3) is 3.93. The van der Waals surface area contributed by atoms with Crippen molar-refractivity contribution in [1.82, 2.24) is 20.3 Å². The lowest BCUT2D eigenvalue weighted by atomic mass is 10.0. The molecule has 0 amide bonds. The summed E-state index contributed by atoms with van der Waals surface area (Å²) in [6.45, 7) is 3.03. The molecule has 1 aromatic carbocycles. The number of pyridine rings is 1. The van der Waals surface area contributed by atoms with Crippen LogP contribution in [0.1, 0.15) is 25.0 Å². The number of nitrogens with one attached hydrogen (secondary N) is 2. The van der Waals surface area contributed by atoms with Gasteiger partial charge in [0, 0.05) is 30.5 Å². The molecule has 0 spiro atoms. The maximum absolute atomic E-state index is 4.85. The Morgan fingerprint density at radius 3 is 2.72 bits per heavy atom. The third-order valence-electron chi connectivity index (χ3n) is 5.73. The Labute approximate surface area is 171 Å². The highest BCUT2D eigenvalue weighted by atomic mass is 15.2. The van der Waals surface area contributed by atoms with Gasteiger partial charge in [0.1, 0.15) is 5.82 Å². The van der Waals surface area contributed by atoms with E-state index in [0.29, 0.717) is 12.0 Å². The van der Waals surface area contributed by atoms with Crippen LogP contribution < -0.4 is 15.5 Å². The summed E-state index contributed by atoms with van der Waals surface area (Å²) in [5, 5.41) is 6.91. The lowest BCUT2D eigenvalue weighted by Crippen LogP contribution is -2.35. The molecule has 0 bridgehead atoms. The van der Waals surface area contributed by atoms with Crippen LogP contribution in [0.4, 0.5) is 17.5 Å². The zero-order valence-electron chi connectivity index (χ0n) is 16.5. The van der Waals surface area contributed by atoms with Gasteiger partial charge in [0.05, 0.1) is 11.4 Å². The van der Waals surface area contributed by atoms with Gasteiger partial charge in [-0.25, -0.2) is 4.98 Å². The van der Waals surface area contributed by atoms with Crippen LogP contribution in [0.3, 0.4) is 0 Å². The van der Waals surface area contributed by atoms with Gasteiger partial charge in [-0.1, -0.05) is 30.3 Å². The van der Waals surface area contributed by atoms with E-state index in [4.69, 9.17) is 9.97 Å². The van der Waals surface area contributed by atoms with Crippen LogP contribution in [0.25, 0.3) is 11.1 Å². The quantitative estimate of drug-likeness (QED) is 0.711. The Morgan fingerprint density at radius 1 is 1.00 bits per heavy atom. The molecule has 6 nitrogen and oxygen atoms in total. The summed E-state index contributed by atoms with van der Waals surface area (Å²) in [5.74, 6) is 1.65. The lowest BCUT2D eigenvalue weighted by molar-refractivity contribution is 0.477. The van der Waals surface area contributed by atoms with Crippen molar-refractivity contribution in [3.63, 3.8) is 0 Å². The molecular formula is C23H26N6. The number of hydrogen-bond donors (Lipinski definition) is 2. The Kier molecular flexibility index (Phi) is 5.09. The molecule has 1 fully saturated rings. The van der Waals surface area contributed by atoms with Gasteiger partial charge in [-0.15, -0.1) is 0 Å². The van der Waals surface area contributed by atoms with Crippen LogP contribution >= 0.6 is 0 Å². The average molecular weight is 387 g/mol. The first-order valence-corrected chi connectivity index (χ1v) is 10.5. The van der Waals surface area contributed by atoms with Crippen molar-refractivity contribution in [1.29, 1.82) is 0 Å². The van der Waals surface area contributed by atoms with Gasteiger partial charge in [0.15, 0.2) is 0 Å². The standard InChI is InChI=1S/C23H26N6/c1-2-5-17(6-3-1)18-15-21-20(26-16-18)7-4-14-29(21)22-10-13-25-23(28-22)27-19-8-11-24-12-9-19/h1-3,5-6,10,13,15-16,19,24H,4,7-9,11-12,14H2,(H,25,27,28). The zero-order chi connectivity index (χ0) is 19.5. The molecule has 4 heterocycles. The molecule has 29 heavy (non-hydrogen) atoms. The summed E-state index contributed by atoms with van der Waals surface area (Å²) in [6, 6.07) is 15.1. The number of hydrogen-bond acceptors (Lipinski definition) is 6. The van der Waals surface area contributed by atoms with Crippen molar-refractivity contribution in [2.75, 3.05) is 29.9 Å². The van der Waals surface area contributed by atoms with E-state index in [1.807, 2.05) is 24.5 Å². The molecule has 2 aromatic heterocycles. The number of fused-ring (bicyclic) bond motifs is 1. The van der Waals surface area contributed by atoms with Crippen molar-refractivity contribution < 1.29 is 0 Å². The summed E-state index contributed by atoms with van der Waals surface area (Å²) in [4.78, 5) is 16.4. The van der Waals surface area contributed by atoms with E-state index in [9.17, 15) is 0 Å². The van der Waals surface area contributed by atoms with Gasteiger partial charge in [0.25, 0.3) is 0 Å². The molecule has 5 rings (SSSR count). The largest absolute Gasteiger partial charge is 0.351 e. The van der Waals surface area contributed by atoms with E-state index in [0.717, 1.165) is 68.1 Å². The van der Waals surface area contributed by atoms with E-state index >= 15 is 0 Å². The summed E-state index contributed by atoms with van der Waals surface area (Å²) < 4.78 is 0. The predicted octanol–water partition coefficient (Wildman–Crippen LogP) is 3.79. The number of anilines is 3. The molecule has 0 saturated carbocycles. The number of rotatable bonds is 4. The highest BCUT2D eigenvalue weighted by molar-refractivity contribution is 5.72. The normalized spacial score (nSPS) is 17.0. The van der Waals surface area contributed by atoms with Gasteiger partial charge in [-0.3, -0.25) is 4.98 Å². The first-order chi connectivity index (χ1) is 14.4. The van der Waals surface area contributed by atoms with Crippen LogP contribution in [0.5, 0.6) is 0 Å². The van der Waals surface area contributed by atoms with Gasteiger partial charge in [0.2, 0.25) is 5.95 Å². The molecule has 0 radical (unpaired) electrons. The van der Waals surface area contributed by atoms with Crippen LogP contribution in [0, 0.1) is 0 Å². The molecule has 148 valence electrons. The molecule has 0 unspecified atom stereocenters. The minimum Gasteiger partial charge on any atom is -0.351 e. The first kappa shape index (κ1) is 18.1. The van der Waals surface area contributed by atoms with Crippen LogP contribution in [-0.4, -0.2) is 40.6 Å². The van der Waals surface area contributed by atoms with Crippen molar-refractivity contribution in [2.45, 2.75) is 31.7 Å². The monoisotopic (exact) mass is 386 g/mol. The molecule has 0 atom stereocenters. The smallest absolute Gasteiger partial charge is 0.224 e. The van der Waals surface area contributed by atoms with Crippen molar-refractivity contribution >= 4 is 17.5 Å². The molecule has 1 saturated heterocycles. The van der Waals surface area contributed by atoms with Crippen molar-refractivity contribution in [2.24, 2.45) is 0 Å². The summed E-state index contributed by atoms with van der Waals surface area (Å²) in [7, 11) is 0. The summed E-state index contributed by atoms with van der Waals surface area (Å²) >= 11 is 0. The van der Waals surface area contributed by atoms with Crippen molar-refractivity contribution in [3.05, 3.63) is 60.6 Å². The second-order valence-electron chi connectivity index (χ2n) is 7.72. The highest BCUT2D eigenvalue weighted by Gasteiger charge is 2.22. The van der Waals surface area contributed by atoms with Crippen molar-refractivity contribution in [3.8, 4) is 11.1 Å². The molecule has 6 heteroatoms. The minimum atomic E-state index is 0.437. The average Bonchev–Trinajstić information content (AvgIpc) is 2.80. The molecular weight excluding hydrogens is 360 g/mol. The number of benzene rings is 1. The number of aryl methyl sites for hydroxylation is 1. The molecule has 0 aliphatic carbocycles. The Balaban J connectivity index is 1.44. The first-order valence-electron chi connectivity index (χ1n) is 10.5. The fourth-order valence-corrected chi connectivity index (χ4v) is 4.18. The maximum atomic E-state index is 4.85. The Bertz CT molecular complexity index is 968. The fourth-order valence-electron chi connectivity index (χ4n) is 4.18. The predicted molar refractivity (Wildman–Crippen MR) is 117 cm³/mol. The van der Waals surface area contributed by atoms with E-state index in [-0.39, 0.29) is 0 Å². The zero-order valence-corrected chi connectivity index (χ0v) is 16.5. The van der Waals surface area contributed by atoms with E-state index in [2.05, 4.69) is 50.8 Å². The number of piperidine rings is 1.